The highest BCUT2D eigenvalue weighted by Crippen LogP contribution is 2.34. The second-order valence-corrected chi connectivity index (χ2v) is 7.67. The molecule has 1 aliphatic rings. The van der Waals surface area contributed by atoms with Gasteiger partial charge in [-0.3, -0.25) is 10.1 Å². The molecule has 0 amide bonds. The van der Waals surface area contributed by atoms with Gasteiger partial charge in [0.05, 0.1) is 30.0 Å². The van der Waals surface area contributed by atoms with E-state index in [1.807, 2.05) is 18.2 Å². The minimum atomic E-state index is -0.499. The first-order chi connectivity index (χ1) is 15.5. The lowest BCUT2D eigenvalue weighted by atomic mass is 10.1. The molecule has 0 unspecified atom stereocenters. The smallest absolute Gasteiger partial charge is 0.273 e. The van der Waals surface area contributed by atoms with Crippen LogP contribution in [-0.4, -0.2) is 35.1 Å². The first-order valence-electron chi connectivity index (χ1n) is 10.2. The summed E-state index contributed by atoms with van der Waals surface area (Å²) in [6.07, 6.45) is 5.04. The number of nitrogens with one attached hydrogen (secondary N) is 1. The summed E-state index contributed by atoms with van der Waals surface area (Å²) in [5.74, 6) is 1.23. The van der Waals surface area contributed by atoms with Crippen LogP contribution in [0.25, 0.3) is 0 Å². The number of hydrogen-bond acceptors (Lipinski definition) is 8. The van der Waals surface area contributed by atoms with Crippen LogP contribution < -0.4 is 19.7 Å². The van der Waals surface area contributed by atoms with E-state index in [2.05, 4.69) is 20.2 Å². The van der Waals surface area contributed by atoms with Gasteiger partial charge in [0.25, 0.3) is 5.69 Å². The van der Waals surface area contributed by atoms with Crippen molar-refractivity contribution in [2.24, 2.45) is 0 Å². The quantitative estimate of drug-likeness (QED) is 0.364. The number of piperidine rings is 1. The molecule has 2 heterocycles. The molecule has 1 N–H and O–H groups in total. The second-order valence-electron chi connectivity index (χ2n) is 7.26. The largest absolute Gasteiger partial charge is 0.494 e. The zero-order chi connectivity index (χ0) is 22.5. The Labute approximate surface area is 190 Å². The number of rotatable bonds is 7. The summed E-state index contributed by atoms with van der Waals surface area (Å²) in [4.78, 5) is 21.4. The fraction of sp³-hybridized carbons (Fsp3) is 0.273. The van der Waals surface area contributed by atoms with E-state index in [9.17, 15) is 10.1 Å². The van der Waals surface area contributed by atoms with E-state index in [1.165, 1.54) is 43.7 Å². The van der Waals surface area contributed by atoms with Crippen molar-refractivity contribution in [3.8, 4) is 17.4 Å². The summed E-state index contributed by atoms with van der Waals surface area (Å²) in [7, 11) is 1.61. The third-order valence-corrected chi connectivity index (χ3v) is 5.37. The SMILES string of the molecule is COc1cc(N2CCCCC2)ccc1Nc1ncc(Cl)c(Oc2cccc([N+](=O)[O-])c2)n1. The number of halogens is 1. The molecule has 1 saturated heterocycles. The van der Waals surface area contributed by atoms with Gasteiger partial charge >= 0.3 is 0 Å². The number of hydrogen-bond donors (Lipinski definition) is 1. The summed E-state index contributed by atoms with van der Waals surface area (Å²) in [5.41, 5.74) is 1.71. The topological polar surface area (TPSA) is 103 Å². The Morgan fingerprint density at radius 2 is 1.97 bits per heavy atom. The average molecular weight is 456 g/mol. The summed E-state index contributed by atoms with van der Waals surface area (Å²) in [6, 6.07) is 11.7. The van der Waals surface area contributed by atoms with E-state index < -0.39 is 4.92 Å². The third-order valence-electron chi connectivity index (χ3n) is 5.11. The molecule has 0 radical (unpaired) electrons. The van der Waals surface area contributed by atoms with E-state index in [-0.39, 0.29) is 28.3 Å². The van der Waals surface area contributed by atoms with Crippen LogP contribution >= 0.6 is 11.6 Å². The van der Waals surface area contributed by atoms with Crippen LogP contribution in [0.3, 0.4) is 0 Å². The molecule has 9 nitrogen and oxygen atoms in total. The molecule has 1 aromatic heterocycles. The lowest BCUT2D eigenvalue weighted by Gasteiger charge is -2.29. The first-order valence-corrected chi connectivity index (χ1v) is 10.6. The third kappa shape index (κ3) is 5.00. The van der Waals surface area contributed by atoms with Crippen LogP contribution in [0.15, 0.2) is 48.7 Å². The molecule has 3 aromatic rings. The molecule has 4 rings (SSSR count). The number of nitro benzene ring substituents is 1. The van der Waals surface area contributed by atoms with Crippen molar-refractivity contribution in [2.75, 3.05) is 30.4 Å². The van der Waals surface area contributed by atoms with E-state index in [1.54, 1.807) is 13.2 Å². The Bertz CT molecular complexity index is 1120. The Morgan fingerprint density at radius 3 is 2.72 bits per heavy atom. The van der Waals surface area contributed by atoms with Gasteiger partial charge < -0.3 is 19.7 Å². The van der Waals surface area contributed by atoms with Crippen molar-refractivity contribution in [3.63, 3.8) is 0 Å². The van der Waals surface area contributed by atoms with Crippen LogP contribution in [0.5, 0.6) is 17.4 Å². The Hall–Kier alpha value is -3.59. The predicted octanol–water partition coefficient (Wildman–Crippen LogP) is 5.57. The first kappa shape index (κ1) is 21.6. The molecular weight excluding hydrogens is 434 g/mol. The molecule has 1 aliphatic heterocycles. The van der Waals surface area contributed by atoms with Crippen LogP contribution in [0.1, 0.15) is 19.3 Å². The zero-order valence-electron chi connectivity index (χ0n) is 17.5. The van der Waals surface area contributed by atoms with Crippen LogP contribution in [-0.2, 0) is 0 Å². The van der Waals surface area contributed by atoms with Crippen molar-refractivity contribution in [1.29, 1.82) is 0 Å². The average Bonchev–Trinajstić information content (AvgIpc) is 2.82. The minimum absolute atomic E-state index is 0.0774. The number of anilines is 3. The standard InChI is InChI=1S/C22H22ClN5O4/c1-31-20-13-15(27-10-3-2-4-11-27)8-9-19(20)25-22-24-14-18(23)21(26-22)32-17-7-5-6-16(12-17)28(29)30/h5-9,12-14H,2-4,10-11H2,1H3,(H,24,25,26). The van der Waals surface area contributed by atoms with Crippen molar-refractivity contribution in [1.82, 2.24) is 9.97 Å². The number of nitrogens with zero attached hydrogens (tertiary/aromatic N) is 4. The van der Waals surface area contributed by atoms with E-state index in [4.69, 9.17) is 21.1 Å². The Balaban J connectivity index is 1.54. The maximum absolute atomic E-state index is 11.0. The Kier molecular flexibility index (Phi) is 6.55. The number of aromatic nitrogens is 2. The minimum Gasteiger partial charge on any atom is -0.494 e. The predicted molar refractivity (Wildman–Crippen MR) is 123 cm³/mol. The highest BCUT2D eigenvalue weighted by molar-refractivity contribution is 6.31. The van der Waals surface area contributed by atoms with Gasteiger partial charge in [0.2, 0.25) is 11.8 Å². The van der Waals surface area contributed by atoms with E-state index in [0.717, 1.165) is 18.8 Å². The molecule has 166 valence electrons. The molecule has 2 aromatic carbocycles. The van der Waals surface area contributed by atoms with Crippen molar-refractivity contribution >= 4 is 34.6 Å². The van der Waals surface area contributed by atoms with E-state index >= 15 is 0 Å². The maximum atomic E-state index is 11.0. The van der Waals surface area contributed by atoms with Crippen LogP contribution in [0.2, 0.25) is 5.02 Å². The summed E-state index contributed by atoms with van der Waals surface area (Å²) >= 11 is 6.17. The summed E-state index contributed by atoms with van der Waals surface area (Å²) in [6.45, 7) is 2.07. The molecule has 0 spiro atoms. The maximum Gasteiger partial charge on any atom is 0.273 e. The lowest BCUT2D eigenvalue weighted by Crippen LogP contribution is -2.29. The van der Waals surface area contributed by atoms with Gasteiger partial charge in [-0.2, -0.15) is 4.98 Å². The van der Waals surface area contributed by atoms with Crippen molar-refractivity contribution in [2.45, 2.75) is 19.3 Å². The zero-order valence-corrected chi connectivity index (χ0v) is 18.2. The number of nitro groups is 1. The molecule has 0 saturated carbocycles. The number of ether oxygens (including phenoxy) is 2. The number of non-ortho nitro benzene ring substituents is 1. The van der Waals surface area contributed by atoms with Gasteiger partial charge in [-0.05, 0) is 37.5 Å². The van der Waals surface area contributed by atoms with Gasteiger partial charge in [0.1, 0.15) is 16.5 Å². The highest BCUT2D eigenvalue weighted by atomic mass is 35.5. The van der Waals surface area contributed by atoms with Crippen LogP contribution in [0.4, 0.5) is 23.0 Å². The molecule has 0 aliphatic carbocycles. The summed E-state index contributed by atoms with van der Waals surface area (Å²) in [5, 5.41) is 14.3. The summed E-state index contributed by atoms with van der Waals surface area (Å²) < 4.78 is 11.2. The number of benzene rings is 2. The molecule has 1 fully saturated rings. The monoisotopic (exact) mass is 455 g/mol. The number of methoxy groups -OCH3 is 1. The molecule has 0 bridgehead atoms. The lowest BCUT2D eigenvalue weighted by molar-refractivity contribution is -0.384. The van der Waals surface area contributed by atoms with Gasteiger partial charge in [0.15, 0.2) is 0 Å². The van der Waals surface area contributed by atoms with E-state index in [0.29, 0.717) is 11.4 Å². The Morgan fingerprint density at radius 1 is 1.16 bits per heavy atom. The van der Waals surface area contributed by atoms with Gasteiger partial charge in [-0.1, -0.05) is 17.7 Å². The molecule has 32 heavy (non-hydrogen) atoms. The fourth-order valence-corrected chi connectivity index (χ4v) is 3.64. The second kappa shape index (κ2) is 9.69. The molecule has 10 heteroatoms. The van der Waals surface area contributed by atoms with Crippen molar-refractivity contribution in [3.05, 3.63) is 63.8 Å². The normalized spacial score (nSPS) is 13.5. The molecule has 0 atom stereocenters. The fourth-order valence-electron chi connectivity index (χ4n) is 3.51. The van der Waals surface area contributed by atoms with Gasteiger partial charge in [-0.15, -0.1) is 0 Å². The molecular formula is C22H22ClN5O4. The van der Waals surface area contributed by atoms with Crippen molar-refractivity contribution < 1.29 is 14.4 Å². The van der Waals surface area contributed by atoms with Gasteiger partial charge in [0, 0.05) is 30.9 Å². The highest BCUT2D eigenvalue weighted by Gasteiger charge is 2.15. The van der Waals surface area contributed by atoms with Crippen LogP contribution in [0, 0.1) is 10.1 Å². The van der Waals surface area contributed by atoms with Gasteiger partial charge in [-0.25, -0.2) is 4.98 Å².